The maximum Gasteiger partial charge on any atom is 0.101 e. The molecular formula is C14H17BrN2S. The third kappa shape index (κ3) is 3.43. The highest BCUT2D eigenvalue weighted by Gasteiger charge is 2.20. The first kappa shape index (κ1) is 13.8. The van der Waals surface area contributed by atoms with Gasteiger partial charge in [0.2, 0.25) is 0 Å². The maximum atomic E-state index is 9.14. The largest absolute Gasteiger partial charge is 0.381 e. The predicted octanol–water partition coefficient (Wildman–Crippen LogP) is 4.41. The second-order valence-corrected chi connectivity index (χ2v) is 6.71. The average Bonchev–Trinajstić information content (AvgIpc) is 2.41. The molecule has 2 rings (SSSR count). The van der Waals surface area contributed by atoms with Gasteiger partial charge in [0.25, 0.3) is 0 Å². The number of nitrogens with zero attached hydrogens (tertiary/aromatic N) is 1. The number of thioether (sulfide) groups is 1. The SMILES string of the molecule is CSC1CCC(Nc2ccc(Br)cc2C#N)CC1. The van der Waals surface area contributed by atoms with Crippen LogP contribution in [0.2, 0.25) is 0 Å². The third-order valence-corrected chi connectivity index (χ3v) is 5.10. The second-order valence-electron chi connectivity index (χ2n) is 4.66. The molecule has 96 valence electrons. The molecule has 1 aliphatic rings. The zero-order valence-electron chi connectivity index (χ0n) is 10.4. The van der Waals surface area contributed by atoms with E-state index in [1.165, 1.54) is 25.7 Å². The summed E-state index contributed by atoms with van der Waals surface area (Å²) in [6, 6.07) is 8.61. The van der Waals surface area contributed by atoms with E-state index < -0.39 is 0 Å². The summed E-state index contributed by atoms with van der Waals surface area (Å²) in [5.74, 6) is 0. The number of hydrogen-bond acceptors (Lipinski definition) is 3. The Balaban J connectivity index is 2.00. The highest BCUT2D eigenvalue weighted by atomic mass is 79.9. The monoisotopic (exact) mass is 324 g/mol. The van der Waals surface area contributed by atoms with Crippen LogP contribution in [0.1, 0.15) is 31.2 Å². The summed E-state index contributed by atoms with van der Waals surface area (Å²) < 4.78 is 0.954. The van der Waals surface area contributed by atoms with E-state index in [0.29, 0.717) is 6.04 Å². The van der Waals surface area contributed by atoms with Gasteiger partial charge in [-0.05, 0) is 50.1 Å². The normalized spacial score (nSPS) is 23.4. The molecule has 0 atom stereocenters. The van der Waals surface area contributed by atoms with Crippen LogP contribution >= 0.6 is 27.7 Å². The molecule has 1 aromatic carbocycles. The van der Waals surface area contributed by atoms with Gasteiger partial charge in [0, 0.05) is 15.8 Å². The van der Waals surface area contributed by atoms with Gasteiger partial charge in [-0.2, -0.15) is 17.0 Å². The Labute approximate surface area is 121 Å². The molecule has 0 radical (unpaired) electrons. The molecule has 0 bridgehead atoms. The van der Waals surface area contributed by atoms with Gasteiger partial charge in [0.05, 0.1) is 11.3 Å². The van der Waals surface area contributed by atoms with Crippen molar-refractivity contribution < 1.29 is 0 Å². The summed E-state index contributed by atoms with van der Waals surface area (Å²) in [4.78, 5) is 0. The highest BCUT2D eigenvalue weighted by Crippen LogP contribution is 2.30. The first-order valence-corrected chi connectivity index (χ1v) is 8.30. The molecule has 0 saturated heterocycles. The van der Waals surface area contributed by atoms with Crippen LogP contribution in [0.15, 0.2) is 22.7 Å². The highest BCUT2D eigenvalue weighted by molar-refractivity contribution is 9.10. The van der Waals surface area contributed by atoms with Crippen molar-refractivity contribution in [3.05, 3.63) is 28.2 Å². The van der Waals surface area contributed by atoms with E-state index in [9.17, 15) is 0 Å². The van der Waals surface area contributed by atoms with E-state index in [1.807, 2.05) is 30.0 Å². The summed E-state index contributed by atoms with van der Waals surface area (Å²) in [6.45, 7) is 0. The lowest BCUT2D eigenvalue weighted by Crippen LogP contribution is -2.27. The Morgan fingerprint density at radius 1 is 1.33 bits per heavy atom. The Hall–Kier alpha value is -0.660. The molecule has 1 N–H and O–H groups in total. The first-order chi connectivity index (χ1) is 8.72. The number of anilines is 1. The standard InChI is InChI=1S/C14H17BrN2S/c1-18-13-5-3-12(4-6-13)17-14-7-2-11(15)8-10(14)9-16/h2,7-8,12-13,17H,3-6H2,1H3. The maximum absolute atomic E-state index is 9.14. The molecular weight excluding hydrogens is 308 g/mol. The predicted molar refractivity (Wildman–Crippen MR) is 82.0 cm³/mol. The van der Waals surface area contributed by atoms with Crippen molar-refractivity contribution in [1.29, 1.82) is 5.26 Å². The van der Waals surface area contributed by atoms with E-state index in [2.05, 4.69) is 33.6 Å². The molecule has 2 nitrogen and oxygen atoms in total. The van der Waals surface area contributed by atoms with Gasteiger partial charge in [-0.1, -0.05) is 15.9 Å². The molecule has 0 aliphatic heterocycles. The van der Waals surface area contributed by atoms with Crippen LogP contribution in [0.4, 0.5) is 5.69 Å². The van der Waals surface area contributed by atoms with Crippen molar-refractivity contribution in [2.45, 2.75) is 37.0 Å². The summed E-state index contributed by atoms with van der Waals surface area (Å²) in [7, 11) is 0. The zero-order chi connectivity index (χ0) is 13.0. The Morgan fingerprint density at radius 2 is 2.06 bits per heavy atom. The fraction of sp³-hybridized carbons (Fsp3) is 0.500. The van der Waals surface area contributed by atoms with E-state index in [0.717, 1.165) is 21.0 Å². The van der Waals surface area contributed by atoms with E-state index in [4.69, 9.17) is 5.26 Å². The van der Waals surface area contributed by atoms with Crippen molar-refractivity contribution in [3.63, 3.8) is 0 Å². The van der Waals surface area contributed by atoms with Gasteiger partial charge in [-0.15, -0.1) is 0 Å². The molecule has 18 heavy (non-hydrogen) atoms. The second kappa shape index (κ2) is 6.49. The molecule has 0 amide bonds. The summed E-state index contributed by atoms with van der Waals surface area (Å²) >= 11 is 5.38. The molecule has 4 heteroatoms. The van der Waals surface area contributed by atoms with Gasteiger partial charge in [0.15, 0.2) is 0 Å². The van der Waals surface area contributed by atoms with Gasteiger partial charge in [-0.25, -0.2) is 0 Å². The molecule has 0 aromatic heterocycles. The van der Waals surface area contributed by atoms with E-state index >= 15 is 0 Å². The van der Waals surface area contributed by atoms with E-state index in [1.54, 1.807) is 0 Å². The number of hydrogen-bond donors (Lipinski definition) is 1. The van der Waals surface area contributed by atoms with Crippen LogP contribution in [0, 0.1) is 11.3 Å². The molecule has 1 fully saturated rings. The van der Waals surface area contributed by atoms with Crippen LogP contribution in [-0.4, -0.2) is 17.5 Å². The summed E-state index contributed by atoms with van der Waals surface area (Å²) in [5.41, 5.74) is 1.68. The minimum Gasteiger partial charge on any atom is -0.381 e. The zero-order valence-corrected chi connectivity index (χ0v) is 12.9. The Kier molecular flexibility index (Phi) is 4.96. The summed E-state index contributed by atoms with van der Waals surface area (Å²) in [5, 5.41) is 13.5. The van der Waals surface area contributed by atoms with Gasteiger partial charge in [0.1, 0.15) is 6.07 Å². The number of benzene rings is 1. The van der Waals surface area contributed by atoms with Crippen LogP contribution in [-0.2, 0) is 0 Å². The van der Waals surface area contributed by atoms with Crippen molar-refractivity contribution in [2.75, 3.05) is 11.6 Å². The first-order valence-electron chi connectivity index (χ1n) is 6.22. The minimum absolute atomic E-state index is 0.515. The average molecular weight is 325 g/mol. The smallest absolute Gasteiger partial charge is 0.101 e. The Bertz CT molecular complexity index is 448. The molecule has 0 heterocycles. The fourth-order valence-corrected chi connectivity index (χ4v) is 3.50. The van der Waals surface area contributed by atoms with Crippen molar-refractivity contribution >= 4 is 33.4 Å². The molecule has 0 unspecified atom stereocenters. The van der Waals surface area contributed by atoms with Crippen molar-refractivity contribution in [1.82, 2.24) is 0 Å². The number of rotatable bonds is 3. The van der Waals surface area contributed by atoms with Crippen molar-refractivity contribution in [2.24, 2.45) is 0 Å². The minimum atomic E-state index is 0.515. The fourth-order valence-electron chi connectivity index (χ4n) is 2.40. The van der Waals surface area contributed by atoms with Gasteiger partial charge < -0.3 is 5.32 Å². The van der Waals surface area contributed by atoms with Crippen LogP contribution in [0.5, 0.6) is 0 Å². The van der Waals surface area contributed by atoms with Gasteiger partial charge >= 0.3 is 0 Å². The summed E-state index contributed by atoms with van der Waals surface area (Å²) in [6.07, 6.45) is 7.15. The van der Waals surface area contributed by atoms with Crippen LogP contribution < -0.4 is 5.32 Å². The lowest BCUT2D eigenvalue weighted by Gasteiger charge is -2.29. The quantitative estimate of drug-likeness (QED) is 0.894. The third-order valence-electron chi connectivity index (χ3n) is 3.47. The topological polar surface area (TPSA) is 35.8 Å². The van der Waals surface area contributed by atoms with Gasteiger partial charge in [-0.3, -0.25) is 0 Å². The lowest BCUT2D eigenvalue weighted by atomic mass is 9.94. The number of nitriles is 1. The van der Waals surface area contributed by atoms with E-state index in [-0.39, 0.29) is 0 Å². The molecule has 0 spiro atoms. The Morgan fingerprint density at radius 3 is 2.67 bits per heavy atom. The molecule has 1 aromatic rings. The number of halogens is 1. The number of nitrogens with one attached hydrogen (secondary N) is 1. The van der Waals surface area contributed by atoms with Crippen LogP contribution in [0.3, 0.4) is 0 Å². The molecule has 1 aliphatic carbocycles. The van der Waals surface area contributed by atoms with Crippen molar-refractivity contribution in [3.8, 4) is 6.07 Å². The van der Waals surface area contributed by atoms with Crippen LogP contribution in [0.25, 0.3) is 0 Å². The molecule has 1 saturated carbocycles. The lowest BCUT2D eigenvalue weighted by molar-refractivity contribution is 0.473.